The summed E-state index contributed by atoms with van der Waals surface area (Å²) in [4.78, 5) is 0. The Morgan fingerprint density at radius 3 is 1.57 bits per heavy atom. The second-order valence-electron chi connectivity index (χ2n) is 12.4. The quantitative estimate of drug-likeness (QED) is 0.143. The van der Waals surface area contributed by atoms with Gasteiger partial charge in [-0.05, 0) is 83.6 Å². The molecule has 0 saturated heterocycles. The minimum absolute atomic E-state index is 0.0516. The second kappa shape index (κ2) is 12.4. The Balaban J connectivity index is 1.42. The van der Waals surface area contributed by atoms with Crippen LogP contribution in [0, 0.1) is 0 Å². The zero-order chi connectivity index (χ0) is 31.7. The summed E-state index contributed by atoms with van der Waals surface area (Å²) in [7, 11) is 0.0516. The maximum Gasteiger partial charge on any atom is 0.139 e. The van der Waals surface area contributed by atoms with E-state index in [2.05, 4.69) is 87.5 Å². The van der Waals surface area contributed by atoms with Crippen molar-refractivity contribution in [3.05, 3.63) is 151 Å². The average molecular weight is 619 g/mol. The fraction of sp³-hybridized carbons (Fsp3) is 0.0952. The van der Waals surface area contributed by atoms with Gasteiger partial charge < -0.3 is 14.6 Å². The van der Waals surface area contributed by atoms with Gasteiger partial charge in [0.25, 0.3) is 0 Å². The summed E-state index contributed by atoms with van der Waals surface area (Å²) in [5.41, 5.74) is 2.78. The van der Waals surface area contributed by atoms with Crippen LogP contribution >= 0.6 is 8.58 Å². The van der Waals surface area contributed by atoms with Crippen LogP contribution in [0.15, 0.2) is 146 Å². The summed E-state index contributed by atoms with van der Waals surface area (Å²) in [6, 6.07) is 48.9. The van der Waals surface area contributed by atoms with Crippen molar-refractivity contribution in [2.45, 2.75) is 26.2 Å². The number of hydrogen-bond acceptors (Lipinski definition) is 3. The summed E-state index contributed by atoms with van der Waals surface area (Å²) in [5, 5.41) is 18.3. The highest BCUT2D eigenvalue weighted by Gasteiger charge is 2.24. The van der Waals surface area contributed by atoms with E-state index in [1.807, 2.05) is 78.9 Å². The molecular weight excluding hydrogens is 583 g/mol. The number of rotatable bonds is 7. The molecular formula is C42H35O3P. The van der Waals surface area contributed by atoms with Gasteiger partial charge in [0.05, 0.1) is 5.30 Å². The molecule has 0 aliphatic carbocycles. The van der Waals surface area contributed by atoms with Crippen LogP contribution in [0.4, 0.5) is 0 Å². The van der Waals surface area contributed by atoms with Gasteiger partial charge in [-0.25, -0.2) is 0 Å². The predicted octanol–water partition coefficient (Wildman–Crippen LogP) is 10.9. The number of ether oxygens (including phenoxy) is 2. The molecule has 0 saturated carbocycles. The summed E-state index contributed by atoms with van der Waals surface area (Å²) < 4.78 is 13.2. The molecule has 0 aliphatic rings. The summed E-state index contributed by atoms with van der Waals surface area (Å²) in [6.07, 6.45) is 0. The second-order valence-corrected chi connectivity index (χ2v) is 13.7. The van der Waals surface area contributed by atoms with E-state index in [0.717, 1.165) is 60.3 Å². The molecule has 0 fully saturated rings. The molecule has 7 aromatic carbocycles. The molecule has 1 N–H and O–H groups in total. The van der Waals surface area contributed by atoms with Crippen LogP contribution in [-0.2, 0) is 5.41 Å². The molecule has 0 amide bonds. The van der Waals surface area contributed by atoms with E-state index in [4.69, 9.17) is 9.47 Å². The zero-order valence-corrected chi connectivity index (χ0v) is 27.1. The van der Waals surface area contributed by atoms with Crippen molar-refractivity contribution in [3.8, 4) is 39.9 Å². The first-order chi connectivity index (χ1) is 22.3. The molecule has 226 valence electrons. The molecule has 7 aromatic rings. The van der Waals surface area contributed by atoms with Crippen LogP contribution in [0.5, 0.6) is 28.7 Å². The number of aromatic hydroxyl groups is 1. The summed E-state index contributed by atoms with van der Waals surface area (Å²) in [6.45, 7) is 6.56. The normalized spacial score (nSPS) is 11.8. The Hall–Kier alpha value is -5.11. The summed E-state index contributed by atoms with van der Waals surface area (Å²) in [5.74, 6) is 3.17. The zero-order valence-electron chi connectivity index (χ0n) is 26.1. The minimum Gasteiger partial charge on any atom is -0.507 e. The molecule has 1 atom stereocenters. The van der Waals surface area contributed by atoms with Gasteiger partial charge in [-0.2, -0.15) is 0 Å². The Kier molecular flexibility index (Phi) is 7.95. The van der Waals surface area contributed by atoms with Crippen molar-refractivity contribution < 1.29 is 14.6 Å². The van der Waals surface area contributed by atoms with Crippen molar-refractivity contribution >= 4 is 40.7 Å². The van der Waals surface area contributed by atoms with E-state index < -0.39 is 0 Å². The van der Waals surface area contributed by atoms with E-state index in [1.165, 1.54) is 0 Å². The molecule has 4 heteroatoms. The number of hydrogen-bond donors (Lipinski definition) is 1. The maximum atomic E-state index is 12.1. The molecule has 7 rings (SSSR count). The van der Waals surface area contributed by atoms with Gasteiger partial charge in [0.15, 0.2) is 0 Å². The van der Waals surface area contributed by atoms with Crippen LogP contribution in [0.25, 0.3) is 32.7 Å². The van der Waals surface area contributed by atoms with Gasteiger partial charge in [-0.3, -0.25) is 0 Å². The SMILES string of the molecule is CC(C)(C)c1cc(Oc2ccccc2)c(Pc2cccc(-c3c4ccccc4cc4ccccc34)c2O)c(Oc2ccccc2)c1. The third-order valence-electron chi connectivity index (χ3n) is 8.21. The number of para-hydroxylation sites is 3. The highest BCUT2D eigenvalue weighted by atomic mass is 31.1. The first-order valence-corrected chi connectivity index (χ1v) is 16.5. The standard InChI is InChI=1S/C42H35O3P/c1-42(2,3)30-26-36(44-31-17-6-4-7-18-31)41(37(27-30)45-32-19-8-5-9-20-32)46-38-24-14-23-35(40(38)43)39-33-21-12-10-15-28(33)25-29-16-11-13-22-34(29)39/h4-27,43,46H,1-3H3. The van der Waals surface area contributed by atoms with Crippen molar-refractivity contribution in [1.82, 2.24) is 0 Å². The highest BCUT2D eigenvalue weighted by molar-refractivity contribution is 7.56. The van der Waals surface area contributed by atoms with Gasteiger partial charge in [-0.15, -0.1) is 0 Å². The molecule has 3 nitrogen and oxygen atoms in total. The molecule has 1 unspecified atom stereocenters. The predicted molar refractivity (Wildman–Crippen MR) is 194 cm³/mol. The van der Waals surface area contributed by atoms with Crippen LogP contribution in [0.2, 0.25) is 0 Å². The lowest BCUT2D eigenvalue weighted by Gasteiger charge is -2.24. The Labute approximate surface area is 271 Å². The molecule has 0 spiro atoms. The molecule has 0 bridgehead atoms. The van der Waals surface area contributed by atoms with Gasteiger partial charge in [0.1, 0.15) is 28.7 Å². The van der Waals surface area contributed by atoms with Crippen molar-refractivity contribution in [3.63, 3.8) is 0 Å². The Morgan fingerprint density at radius 2 is 1.04 bits per heavy atom. The fourth-order valence-corrected chi connectivity index (χ4v) is 7.02. The van der Waals surface area contributed by atoms with Crippen LogP contribution in [-0.4, -0.2) is 5.11 Å². The highest BCUT2D eigenvalue weighted by Crippen LogP contribution is 2.43. The number of phenols is 1. The number of benzene rings is 7. The van der Waals surface area contributed by atoms with Crippen LogP contribution < -0.4 is 20.1 Å². The van der Waals surface area contributed by atoms with Crippen LogP contribution in [0.1, 0.15) is 26.3 Å². The van der Waals surface area contributed by atoms with Crippen molar-refractivity contribution in [2.75, 3.05) is 0 Å². The first kappa shape index (κ1) is 29.6. The van der Waals surface area contributed by atoms with Gasteiger partial charge >= 0.3 is 0 Å². The lowest BCUT2D eigenvalue weighted by molar-refractivity contribution is 0.461. The number of fused-ring (bicyclic) bond motifs is 2. The molecule has 0 radical (unpaired) electrons. The van der Waals surface area contributed by atoms with Gasteiger partial charge in [-0.1, -0.05) is 124 Å². The van der Waals surface area contributed by atoms with E-state index in [-0.39, 0.29) is 19.7 Å². The molecule has 0 aliphatic heterocycles. The van der Waals surface area contributed by atoms with Crippen molar-refractivity contribution in [2.24, 2.45) is 0 Å². The largest absolute Gasteiger partial charge is 0.507 e. The fourth-order valence-electron chi connectivity index (χ4n) is 5.82. The Bertz CT molecular complexity index is 2050. The lowest BCUT2D eigenvalue weighted by atomic mass is 9.87. The van der Waals surface area contributed by atoms with E-state index >= 15 is 0 Å². The first-order valence-electron chi connectivity index (χ1n) is 15.5. The lowest BCUT2D eigenvalue weighted by Crippen LogP contribution is -2.16. The monoisotopic (exact) mass is 618 g/mol. The molecule has 46 heavy (non-hydrogen) atoms. The van der Waals surface area contributed by atoms with Gasteiger partial charge in [0.2, 0.25) is 0 Å². The Morgan fingerprint density at radius 1 is 0.543 bits per heavy atom. The average Bonchev–Trinajstić information content (AvgIpc) is 3.06. The van der Waals surface area contributed by atoms with E-state index in [1.54, 1.807) is 0 Å². The van der Waals surface area contributed by atoms with Gasteiger partial charge in [0, 0.05) is 16.4 Å². The van der Waals surface area contributed by atoms with E-state index in [9.17, 15) is 5.11 Å². The smallest absolute Gasteiger partial charge is 0.139 e. The molecule has 0 aromatic heterocycles. The topological polar surface area (TPSA) is 38.7 Å². The number of phenolic OH excluding ortho intramolecular Hbond substituents is 1. The van der Waals surface area contributed by atoms with Crippen molar-refractivity contribution in [1.29, 1.82) is 0 Å². The third-order valence-corrected chi connectivity index (χ3v) is 9.63. The van der Waals surface area contributed by atoms with Crippen LogP contribution in [0.3, 0.4) is 0 Å². The summed E-state index contributed by atoms with van der Waals surface area (Å²) >= 11 is 0. The maximum absolute atomic E-state index is 12.1. The van der Waals surface area contributed by atoms with E-state index in [0.29, 0.717) is 11.5 Å². The minimum atomic E-state index is -0.150. The molecule has 0 heterocycles. The third kappa shape index (κ3) is 5.95.